The zero-order valence-corrected chi connectivity index (χ0v) is 21.9. The minimum atomic E-state index is -4.73. The SMILES string of the molecule is CC1CCCC(n2c(Nc3ccc(OC(F)(F)F)cc3)nc3cc(B4OC(C)(C)C(C)(C)O4)ccc32)C1. The van der Waals surface area contributed by atoms with Gasteiger partial charge in [-0.15, -0.1) is 13.2 Å². The first-order chi connectivity index (χ1) is 17.3. The molecule has 0 bridgehead atoms. The minimum Gasteiger partial charge on any atom is -0.406 e. The summed E-state index contributed by atoms with van der Waals surface area (Å²) in [5.41, 5.74) is 2.44. The zero-order chi connectivity index (χ0) is 26.6. The van der Waals surface area contributed by atoms with Gasteiger partial charge in [-0.05, 0) is 88.3 Å². The number of nitrogens with one attached hydrogen (secondary N) is 1. The number of alkyl halides is 3. The van der Waals surface area contributed by atoms with Crippen molar-refractivity contribution in [1.29, 1.82) is 0 Å². The van der Waals surface area contributed by atoms with E-state index in [-0.39, 0.29) is 11.8 Å². The van der Waals surface area contributed by atoms with Crippen molar-refractivity contribution in [3.05, 3.63) is 42.5 Å². The molecule has 2 aliphatic rings. The lowest BCUT2D eigenvalue weighted by Crippen LogP contribution is -2.41. The fourth-order valence-corrected chi connectivity index (χ4v) is 5.20. The summed E-state index contributed by atoms with van der Waals surface area (Å²) >= 11 is 0. The fourth-order valence-electron chi connectivity index (χ4n) is 5.20. The maximum atomic E-state index is 12.6. The molecule has 6 nitrogen and oxygen atoms in total. The second-order valence-corrected chi connectivity index (χ2v) is 11.3. The number of anilines is 2. The lowest BCUT2D eigenvalue weighted by Gasteiger charge is -2.32. The van der Waals surface area contributed by atoms with Gasteiger partial charge in [-0.1, -0.05) is 25.8 Å². The molecule has 1 aliphatic carbocycles. The summed E-state index contributed by atoms with van der Waals surface area (Å²) in [5.74, 6) is 0.997. The number of hydrogen-bond acceptors (Lipinski definition) is 5. The van der Waals surface area contributed by atoms with Crippen molar-refractivity contribution < 1.29 is 27.2 Å². The molecule has 2 aromatic carbocycles. The van der Waals surface area contributed by atoms with E-state index in [2.05, 4.69) is 27.6 Å². The van der Waals surface area contributed by atoms with Gasteiger partial charge in [0.25, 0.3) is 0 Å². The van der Waals surface area contributed by atoms with Gasteiger partial charge in [0.15, 0.2) is 0 Å². The number of fused-ring (bicyclic) bond motifs is 1. The molecule has 1 saturated carbocycles. The Hall–Kier alpha value is -2.72. The monoisotopic (exact) mass is 515 g/mol. The van der Waals surface area contributed by atoms with E-state index in [0.29, 0.717) is 17.6 Å². The van der Waals surface area contributed by atoms with E-state index in [1.807, 2.05) is 39.8 Å². The Morgan fingerprint density at radius 1 is 1.03 bits per heavy atom. The highest BCUT2D eigenvalue weighted by Crippen LogP contribution is 2.39. The number of aromatic nitrogens is 2. The van der Waals surface area contributed by atoms with Crippen molar-refractivity contribution in [3.63, 3.8) is 0 Å². The number of nitrogens with zero attached hydrogens (tertiary/aromatic N) is 2. The third-order valence-electron chi connectivity index (χ3n) is 7.86. The highest BCUT2D eigenvalue weighted by molar-refractivity contribution is 6.62. The third-order valence-corrected chi connectivity index (χ3v) is 7.86. The number of benzene rings is 2. The van der Waals surface area contributed by atoms with Crippen LogP contribution in [-0.4, -0.2) is 34.2 Å². The Labute approximate surface area is 215 Å². The molecule has 1 aromatic heterocycles. The number of hydrogen-bond donors (Lipinski definition) is 1. The van der Waals surface area contributed by atoms with Crippen molar-refractivity contribution in [3.8, 4) is 5.75 Å². The Balaban J connectivity index is 1.49. The van der Waals surface area contributed by atoms with Gasteiger partial charge in [-0.25, -0.2) is 4.98 Å². The summed E-state index contributed by atoms with van der Waals surface area (Å²) in [7, 11) is -0.494. The van der Waals surface area contributed by atoms with Crippen molar-refractivity contribution in [2.75, 3.05) is 5.32 Å². The molecule has 1 N–H and O–H groups in total. The molecule has 1 aliphatic heterocycles. The molecule has 2 unspecified atom stereocenters. The Morgan fingerprint density at radius 2 is 1.70 bits per heavy atom. The van der Waals surface area contributed by atoms with E-state index in [0.717, 1.165) is 35.8 Å². The topological polar surface area (TPSA) is 57.5 Å². The predicted octanol–water partition coefficient (Wildman–Crippen LogP) is 6.73. The number of halogens is 3. The second-order valence-electron chi connectivity index (χ2n) is 11.3. The van der Waals surface area contributed by atoms with Crippen LogP contribution in [-0.2, 0) is 9.31 Å². The van der Waals surface area contributed by atoms with Crippen LogP contribution in [0.4, 0.5) is 24.8 Å². The lowest BCUT2D eigenvalue weighted by molar-refractivity contribution is -0.274. The largest absolute Gasteiger partial charge is 0.573 e. The van der Waals surface area contributed by atoms with Crippen LogP contribution in [0.15, 0.2) is 42.5 Å². The number of imidazole rings is 1. The molecule has 2 heterocycles. The van der Waals surface area contributed by atoms with Crippen LogP contribution >= 0.6 is 0 Å². The Morgan fingerprint density at radius 3 is 2.32 bits per heavy atom. The molecule has 198 valence electrons. The van der Waals surface area contributed by atoms with Gasteiger partial charge in [0, 0.05) is 11.7 Å². The van der Waals surface area contributed by atoms with E-state index in [9.17, 15) is 13.2 Å². The van der Waals surface area contributed by atoms with Crippen molar-refractivity contribution >= 4 is 35.3 Å². The van der Waals surface area contributed by atoms with Crippen LogP contribution in [0.2, 0.25) is 0 Å². The zero-order valence-electron chi connectivity index (χ0n) is 21.9. The fraction of sp³-hybridized carbons (Fsp3) is 0.519. The molecule has 5 rings (SSSR count). The first-order valence-corrected chi connectivity index (χ1v) is 12.8. The van der Waals surface area contributed by atoms with Gasteiger partial charge in [-0.2, -0.15) is 0 Å². The lowest BCUT2D eigenvalue weighted by atomic mass is 9.79. The van der Waals surface area contributed by atoms with E-state index in [1.54, 1.807) is 12.1 Å². The maximum Gasteiger partial charge on any atom is 0.573 e. The molecule has 37 heavy (non-hydrogen) atoms. The normalized spacial score (nSPS) is 23.4. The molecule has 1 saturated heterocycles. The van der Waals surface area contributed by atoms with Gasteiger partial charge in [0.05, 0.1) is 22.2 Å². The maximum absolute atomic E-state index is 12.6. The second kappa shape index (κ2) is 9.24. The predicted molar refractivity (Wildman–Crippen MR) is 139 cm³/mol. The summed E-state index contributed by atoms with van der Waals surface area (Å²) in [5, 5.41) is 3.33. The average Bonchev–Trinajstić information content (AvgIpc) is 3.26. The van der Waals surface area contributed by atoms with Crippen LogP contribution in [0.5, 0.6) is 5.75 Å². The summed E-state index contributed by atoms with van der Waals surface area (Å²) in [4.78, 5) is 4.92. The number of rotatable bonds is 5. The van der Waals surface area contributed by atoms with E-state index >= 15 is 0 Å². The van der Waals surface area contributed by atoms with E-state index in [4.69, 9.17) is 14.3 Å². The summed E-state index contributed by atoms with van der Waals surface area (Å²) in [6, 6.07) is 12.1. The Bertz CT molecular complexity index is 1260. The van der Waals surface area contributed by atoms with Crippen LogP contribution in [0.3, 0.4) is 0 Å². The van der Waals surface area contributed by atoms with Gasteiger partial charge in [0.2, 0.25) is 5.95 Å². The molecule has 2 atom stereocenters. The minimum absolute atomic E-state index is 0.264. The van der Waals surface area contributed by atoms with Crippen molar-refractivity contribution in [1.82, 2.24) is 9.55 Å². The van der Waals surface area contributed by atoms with Crippen LogP contribution < -0.4 is 15.5 Å². The van der Waals surface area contributed by atoms with Crippen LogP contribution in [0.25, 0.3) is 11.0 Å². The highest BCUT2D eigenvalue weighted by Gasteiger charge is 2.51. The molecule has 0 spiro atoms. The third kappa shape index (κ3) is 5.32. The van der Waals surface area contributed by atoms with Crippen molar-refractivity contribution in [2.45, 2.75) is 83.9 Å². The standard InChI is InChI=1S/C27H33BF3N3O3/c1-17-7-6-8-20(15-17)34-23-14-9-18(28-36-25(2,3)26(4,5)37-28)16-22(23)33-24(34)32-19-10-12-21(13-11-19)35-27(29,30)31/h9-14,16-17,20H,6-8,15H2,1-5H3,(H,32,33). The average molecular weight is 515 g/mol. The smallest absolute Gasteiger partial charge is 0.406 e. The summed E-state index contributed by atoms with van der Waals surface area (Å²) in [6.45, 7) is 10.4. The molecule has 0 radical (unpaired) electrons. The van der Waals surface area contributed by atoms with Gasteiger partial charge in [0.1, 0.15) is 5.75 Å². The molecule has 2 fully saturated rings. The van der Waals surface area contributed by atoms with Gasteiger partial charge < -0.3 is 23.9 Å². The first-order valence-electron chi connectivity index (χ1n) is 12.8. The molecular formula is C27H33BF3N3O3. The van der Waals surface area contributed by atoms with Gasteiger partial charge >= 0.3 is 13.5 Å². The van der Waals surface area contributed by atoms with E-state index in [1.165, 1.54) is 18.6 Å². The van der Waals surface area contributed by atoms with Crippen LogP contribution in [0.1, 0.15) is 66.3 Å². The quantitative estimate of drug-likeness (QED) is 0.382. The summed E-state index contributed by atoms with van der Waals surface area (Å²) in [6.07, 6.45) is -0.298. The molecule has 10 heteroatoms. The first kappa shape index (κ1) is 25.9. The van der Waals surface area contributed by atoms with Gasteiger partial charge in [-0.3, -0.25) is 0 Å². The molecule has 3 aromatic rings. The highest BCUT2D eigenvalue weighted by atomic mass is 19.4. The number of ether oxygens (including phenoxy) is 1. The Kier molecular flexibility index (Phi) is 6.47. The van der Waals surface area contributed by atoms with E-state index < -0.39 is 24.7 Å². The van der Waals surface area contributed by atoms with Crippen LogP contribution in [0, 0.1) is 5.92 Å². The van der Waals surface area contributed by atoms with Crippen molar-refractivity contribution in [2.24, 2.45) is 5.92 Å². The summed E-state index contributed by atoms with van der Waals surface area (Å²) < 4.78 is 56.4. The molecular weight excluding hydrogens is 482 g/mol. The molecule has 0 amide bonds.